The number of rotatable bonds is 4. The van der Waals surface area contributed by atoms with Crippen LogP contribution in [-0.2, 0) is 0 Å². The number of nitrogens with two attached hydrogens (primary N) is 1. The fraction of sp³-hybridized carbons (Fsp3) is 0.533. The number of amides is 1. The molecule has 0 radical (unpaired) electrons. The van der Waals surface area contributed by atoms with Gasteiger partial charge in [-0.3, -0.25) is 4.79 Å². The van der Waals surface area contributed by atoms with Gasteiger partial charge in [0.05, 0.1) is 17.0 Å². The Bertz CT molecular complexity index is 482. The predicted molar refractivity (Wildman–Crippen MR) is 80.8 cm³/mol. The second kappa shape index (κ2) is 6.13. The number of anilines is 2. The van der Waals surface area contributed by atoms with Crippen LogP contribution in [0.15, 0.2) is 18.2 Å². The van der Waals surface area contributed by atoms with Gasteiger partial charge in [-0.05, 0) is 31.0 Å². The first-order valence-corrected chi connectivity index (χ1v) is 7.12. The first-order chi connectivity index (χ1) is 9.54. The maximum absolute atomic E-state index is 11.6. The average molecular weight is 277 g/mol. The molecule has 110 valence electrons. The molecule has 5 N–H and O–H groups in total. The molecule has 0 spiro atoms. The molecule has 0 aliphatic heterocycles. The van der Waals surface area contributed by atoms with E-state index in [2.05, 4.69) is 10.6 Å². The van der Waals surface area contributed by atoms with Gasteiger partial charge in [0.1, 0.15) is 0 Å². The summed E-state index contributed by atoms with van der Waals surface area (Å²) in [4.78, 5) is 11.6. The maximum atomic E-state index is 11.6. The lowest BCUT2D eigenvalue weighted by Gasteiger charge is -2.32. The fourth-order valence-electron chi connectivity index (χ4n) is 2.64. The van der Waals surface area contributed by atoms with Gasteiger partial charge in [-0.1, -0.05) is 19.3 Å². The molecule has 1 amide bonds. The van der Waals surface area contributed by atoms with E-state index in [0.717, 1.165) is 25.7 Å². The van der Waals surface area contributed by atoms with Crippen LogP contribution in [0.2, 0.25) is 0 Å². The molecule has 20 heavy (non-hydrogen) atoms. The molecule has 1 fully saturated rings. The van der Waals surface area contributed by atoms with E-state index < -0.39 is 5.60 Å². The highest BCUT2D eigenvalue weighted by atomic mass is 16.3. The van der Waals surface area contributed by atoms with Crippen molar-refractivity contribution in [1.29, 1.82) is 0 Å². The number of carbonyl (C=O) groups excluding carboxylic acids is 1. The molecule has 0 unspecified atom stereocenters. The molecular weight excluding hydrogens is 254 g/mol. The molecule has 1 saturated carbocycles. The van der Waals surface area contributed by atoms with Crippen molar-refractivity contribution in [2.24, 2.45) is 0 Å². The summed E-state index contributed by atoms with van der Waals surface area (Å²) in [5.41, 5.74) is 7.09. The lowest BCUT2D eigenvalue weighted by atomic mass is 9.85. The van der Waals surface area contributed by atoms with Gasteiger partial charge in [-0.2, -0.15) is 0 Å². The third-order valence-corrected chi connectivity index (χ3v) is 3.93. The van der Waals surface area contributed by atoms with Crippen molar-refractivity contribution < 1.29 is 9.90 Å². The first-order valence-electron chi connectivity index (χ1n) is 7.12. The Labute approximate surface area is 119 Å². The summed E-state index contributed by atoms with van der Waals surface area (Å²) in [5, 5.41) is 16.2. The minimum atomic E-state index is -0.659. The van der Waals surface area contributed by atoms with Gasteiger partial charge < -0.3 is 21.5 Å². The van der Waals surface area contributed by atoms with Crippen LogP contribution >= 0.6 is 0 Å². The third kappa shape index (κ3) is 3.42. The monoisotopic (exact) mass is 277 g/mol. The van der Waals surface area contributed by atoms with Crippen molar-refractivity contribution in [3.63, 3.8) is 0 Å². The Kier molecular flexibility index (Phi) is 4.49. The van der Waals surface area contributed by atoms with Gasteiger partial charge in [0.2, 0.25) is 0 Å². The molecule has 0 saturated heterocycles. The smallest absolute Gasteiger partial charge is 0.251 e. The Balaban J connectivity index is 2.06. The minimum Gasteiger partial charge on any atom is -0.397 e. The number of nitrogens with one attached hydrogen (secondary N) is 2. The highest BCUT2D eigenvalue weighted by Gasteiger charge is 2.28. The molecule has 1 aromatic carbocycles. The van der Waals surface area contributed by atoms with Crippen LogP contribution in [0, 0.1) is 0 Å². The van der Waals surface area contributed by atoms with Gasteiger partial charge in [0, 0.05) is 19.2 Å². The quantitative estimate of drug-likeness (QED) is 0.631. The van der Waals surface area contributed by atoms with E-state index in [0.29, 0.717) is 23.5 Å². The normalized spacial score (nSPS) is 17.5. The van der Waals surface area contributed by atoms with E-state index in [4.69, 9.17) is 5.73 Å². The number of aliphatic hydroxyl groups is 1. The van der Waals surface area contributed by atoms with Gasteiger partial charge in [-0.15, -0.1) is 0 Å². The van der Waals surface area contributed by atoms with Crippen LogP contribution in [0.1, 0.15) is 42.5 Å². The topological polar surface area (TPSA) is 87.4 Å². The largest absolute Gasteiger partial charge is 0.397 e. The number of hydrogen-bond acceptors (Lipinski definition) is 4. The SMILES string of the molecule is CNC(=O)c1ccc(N)c(NCC2(O)CCCCC2)c1. The minimum absolute atomic E-state index is 0.149. The summed E-state index contributed by atoms with van der Waals surface area (Å²) in [6, 6.07) is 5.12. The van der Waals surface area contributed by atoms with E-state index in [9.17, 15) is 9.90 Å². The van der Waals surface area contributed by atoms with Crippen molar-refractivity contribution in [2.45, 2.75) is 37.7 Å². The lowest BCUT2D eigenvalue weighted by molar-refractivity contribution is 0.0167. The average Bonchev–Trinajstić information content (AvgIpc) is 2.46. The van der Waals surface area contributed by atoms with Crippen LogP contribution in [0.5, 0.6) is 0 Å². The third-order valence-electron chi connectivity index (χ3n) is 3.93. The Hall–Kier alpha value is -1.75. The van der Waals surface area contributed by atoms with Gasteiger partial charge in [-0.25, -0.2) is 0 Å². The van der Waals surface area contributed by atoms with Crippen molar-refractivity contribution >= 4 is 17.3 Å². The molecule has 1 aliphatic rings. The number of benzene rings is 1. The van der Waals surface area contributed by atoms with E-state index in [1.165, 1.54) is 6.42 Å². The highest BCUT2D eigenvalue weighted by molar-refractivity contribution is 5.96. The molecule has 1 aliphatic carbocycles. The standard InChI is InChI=1S/C15H23N3O2/c1-17-14(19)11-5-6-12(16)13(9-11)18-10-15(20)7-3-2-4-8-15/h5-6,9,18,20H,2-4,7-8,10,16H2,1H3,(H,17,19). The van der Waals surface area contributed by atoms with Gasteiger partial charge >= 0.3 is 0 Å². The second-order valence-electron chi connectivity index (χ2n) is 5.52. The van der Waals surface area contributed by atoms with Gasteiger partial charge in [0.15, 0.2) is 0 Å². The number of nitrogen functional groups attached to an aromatic ring is 1. The summed E-state index contributed by atoms with van der Waals surface area (Å²) in [6.45, 7) is 0.467. The summed E-state index contributed by atoms with van der Waals surface area (Å²) in [6.07, 6.45) is 4.94. The summed E-state index contributed by atoms with van der Waals surface area (Å²) < 4.78 is 0. The Morgan fingerprint density at radius 2 is 2.05 bits per heavy atom. The van der Waals surface area contributed by atoms with Crippen LogP contribution < -0.4 is 16.4 Å². The molecule has 1 aromatic rings. The van der Waals surface area contributed by atoms with E-state index in [1.54, 1.807) is 25.2 Å². The Morgan fingerprint density at radius 1 is 1.35 bits per heavy atom. The summed E-state index contributed by atoms with van der Waals surface area (Å²) >= 11 is 0. The van der Waals surface area contributed by atoms with Crippen molar-refractivity contribution in [1.82, 2.24) is 5.32 Å². The molecule has 2 rings (SSSR count). The van der Waals surface area contributed by atoms with Crippen molar-refractivity contribution in [3.05, 3.63) is 23.8 Å². The van der Waals surface area contributed by atoms with E-state index in [-0.39, 0.29) is 5.91 Å². The first kappa shape index (κ1) is 14.7. The predicted octanol–water partition coefficient (Wildman–Crippen LogP) is 1.74. The molecule has 0 heterocycles. The van der Waals surface area contributed by atoms with E-state index in [1.807, 2.05) is 0 Å². The molecule has 0 aromatic heterocycles. The van der Waals surface area contributed by atoms with Crippen LogP contribution in [0.4, 0.5) is 11.4 Å². The zero-order valence-corrected chi connectivity index (χ0v) is 11.9. The molecular formula is C15H23N3O2. The van der Waals surface area contributed by atoms with Crippen LogP contribution in [0.25, 0.3) is 0 Å². The van der Waals surface area contributed by atoms with Gasteiger partial charge in [0.25, 0.3) is 5.91 Å². The maximum Gasteiger partial charge on any atom is 0.251 e. The summed E-state index contributed by atoms with van der Waals surface area (Å²) in [7, 11) is 1.59. The number of hydrogen-bond donors (Lipinski definition) is 4. The number of carbonyl (C=O) groups is 1. The highest BCUT2D eigenvalue weighted by Crippen LogP contribution is 2.29. The molecule has 0 bridgehead atoms. The van der Waals surface area contributed by atoms with Crippen LogP contribution in [0.3, 0.4) is 0 Å². The fourth-order valence-corrected chi connectivity index (χ4v) is 2.64. The zero-order chi connectivity index (χ0) is 14.6. The molecule has 5 nitrogen and oxygen atoms in total. The van der Waals surface area contributed by atoms with Crippen LogP contribution in [-0.4, -0.2) is 30.2 Å². The molecule has 0 atom stereocenters. The van der Waals surface area contributed by atoms with Crippen molar-refractivity contribution in [2.75, 3.05) is 24.6 Å². The molecule has 5 heteroatoms. The Morgan fingerprint density at radius 3 is 2.70 bits per heavy atom. The van der Waals surface area contributed by atoms with Crippen molar-refractivity contribution in [3.8, 4) is 0 Å². The zero-order valence-electron chi connectivity index (χ0n) is 11.9. The van der Waals surface area contributed by atoms with E-state index >= 15 is 0 Å². The summed E-state index contributed by atoms with van der Waals surface area (Å²) in [5.74, 6) is -0.149. The lowest BCUT2D eigenvalue weighted by Crippen LogP contribution is -2.38. The second-order valence-corrected chi connectivity index (χ2v) is 5.52.